The summed E-state index contributed by atoms with van der Waals surface area (Å²) in [7, 11) is 0. The number of Topliss-reactive ketones (excluding diaryl/α,β-unsaturated/α-hetero) is 3. The van der Waals surface area contributed by atoms with Gasteiger partial charge in [0.15, 0.2) is 17.3 Å². The molecular weight excluding hydrogens is 564 g/mol. The van der Waals surface area contributed by atoms with Gasteiger partial charge in [-0.15, -0.1) is 0 Å². The fraction of sp³-hybridized carbons (Fsp3) is 0.474. The molecule has 0 bridgehead atoms. The van der Waals surface area contributed by atoms with Crippen LogP contribution in [0.3, 0.4) is 0 Å². The number of para-hydroxylation sites is 1. The molecule has 0 radical (unpaired) electrons. The van der Waals surface area contributed by atoms with Gasteiger partial charge in [0.1, 0.15) is 5.60 Å². The fourth-order valence-corrected chi connectivity index (χ4v) is 7.41. The van der Waals surface area contributed by atoms with Crippen LogP contribution in [-0.2, 0) is 36.8 Å². The number of ketones is 3. The monoisotopic (exact) mass is 608 g/mol. The molecule has 1 saturated carbocycles. The number of aromatic amines is 1. The number of nitrogens with one attached hydrogen (secondary N) is 2. The van der Waals surface area contributed by atoms with Crippen LogP contribution >= 0.6 is 0 Å². The zero-order valence-electron chi connectivity index (χ0n) is 26.6. The molecule has 2 N–H and O–H groups in total. The Balaban J connectivity index is 1.19. The summed E-state index contributed by atoms with van der Waals surface area (Å²) in [5.41, 5.74) is 5.03. The molecule has 1 saturated heterocycles. The number of ether oxygens (including phenoxy) is 1. The summed E-state index contributed by atoms with van der Waals surface area (Å²) in [6, 6.07) is 15.1. The highest BCUT2D eigenvalue weighted by Gasteiger charge is 2.50. The van der Waals surface area contributed by atoms with Crippen molar-refractivity contribution in [2.75, 3.05) is 6.61 Å². The van der Waals surface area contributed by atoms with E-state index in [1.54, 1.807) is 6.92 Å². The molecule has 7 nitrogen and oxygen atoms in total. The first-order valence-corrected chi connectivity index (χ1v) is 16.5. The average molecular weight is 609 g/mol. The van der Waals surface area contributed by atoms with Crippen LogP contribution in [0.25, 0.3) is 16.5 Å². The van der Waals surface area contributed by atoms with Crippen LogP contribution in [-0.4, -0.2) is 46.5 Å². The molecule has 7 heteroatoms. The van der Waals surface area contributed by atoms with Gasteiger partial charge in [0, 0.05) is 60.2 Å². The maximum atomic E-state index is 14.1. The summed E-state index contributed by atoms with van der Waals surface area (Å²) in [5.74, 6) is -1.14. The van der Waals surface area contributed by atoms with E-state index in [0.29, 0.717) is 31.8 Å². The first-order chi connectivity index (χ1) is 21.6. The van der Waals surface area contributed by atoms with Crippen LogP contribution in [0.2, 0.25) is 0 Å². The Morgan fingerprint density at radius 2 is 1.73 bits per heavy atom. The Bertz CT molecular complexity index is 1650. The Kier molecular flexibility index (Phi) is 8.91. The zero-order chi connectivity index (χ0) is 31.7. The van der Waals surface area contributed by atoms with Crippen LogP contribution < -0.4 is 5.32 Å². The van der Waals surface area contributed by atoms with Crippen molar-refractivity contribution in [3.05, 3.63) is 77.0 Å². The highest BCUT2D eigenvalue weighted by molar-refractivity contribution is 6.06. The number of hydrogen-bond donors (Lipinski definition) is 2. The summed E-state index contributed by atoms with van der Waals surface area (Å²) in [6.07, 6.45) is 8.06. The normalized spacial score (nSPS) is 21.4. The molecule has 236 valence electrons. The van der Waals surface area contributed by atoms with Gasteiger partial charge < -0.3 is 15.0 Å². The van der Waals surface area contributed by atoms with Crippen LogP contribution in [0.15, 0.2) is 60.3 Å². The first-order valence-electron chi connectivity index (χ1n) is 16.5. The van der Waals surface area contributed by atoms with Crippen molar-refractivity contribution in [3.63, 3.8) is 0 Å². The van der Waals surface area contributed by atoms with Gasteiger partial charge in [-0.1, -0.05) is 75.1 Å². The molecular formula is C38H44N2O5. The summed E-state index contributed by atoms with van der Waals surface area (Å²) < 4.78 is 5.51. The third kappa shape index (κ3) is 6.74. The third-order valence-corrected chi connectivity index (χ3v) is 10.3. The standard InChI is InChI=1S/C38H44N2O5/c1-23(16-34(41)31-18-26-12-6-7-13-29(26)24(31)2)37(44)40-33(19-28-21-39-32-15-9-8-14-30(28)32)35(42)20-27(17-25-10-4-5-11-25)36(43)38(3)22-45-38/h6-9,12-15,21,23,25,27,33,39H,4-5,10-11,16-20,22H2,1-3H3,(H,40,44)/t23-,27+,33-,38+/m0/s1. The molecule has 3 aliphatic rings. The van der Waals surface area contributed by atoms with E-state index in [1.165, 1.54) is 0 Å². The summed E-state index contributed by atoms with van der Waals surface area (Å²) >= 11 is 0. The number of rotatable bonds is 14. The topological polar surface area (TPSA) is 109 Å². The number of carbonyl (C=O) groups is 4. The lowest BCUT2D eigenvalue weighted by Gasteiger charge is -2.25. The van der Waals surface area contributed by atoms with Gasteiger partial charge in [-0.2, -0.15) is 0 Å². The fourth-order valence-electron chi connectivity index (χ4n) is 7.41. The molecule has 1 aromatic heterocycles. The van der Waals surface area contributed by atoms with Gasteiger partial charge >= 0.3 is 0 Å². The quantitative estimate of drug-likeness (QED) is 0.208. The predicted molar refractivity (Wildman–Crippen MR) is 175 cm³/mol. The second-order valence-corrected chi connectivity index (χ2v) is 13.7. The van der Waals surface area contributed by atoms with Crippen molar-refractivity contribution in [2.24, 2.45) is 17.8 Å². The van der Waals surface area contributed by atoms with E-state index in [0.717, 1.165) is 64.4 Å². The molecule has 6 rings (SSSR count). The van der Waals surface area contributed by atoms with E-state index < -0.39 is 23.5 Å². The minimum absolute atomic E-state index is 0.0000834. The van der Waals surface area contributed by atoms with Gasteiger partial charge in [-0.3, -0.25) is 19.2 Å². The molecule has 2 aliphatic carbocycles. The number of benzene rings is 2. The SMILES string of the molecule is CC1=C(C(=O)C[C@H](C)C(=O)N[C@@H](Cc2c[nH]c3ccccc23)C(=O)C[C@@H](CC2CCCC2)C(=O)[C@@]2(C)CO2)Cc2ccccc21. The maximum absolute atomic E-state index is 14.1. The second-order valence-electron chi connectivity index (χ2n) is 13.7. The number of H-pyrrole nitrogens is 1. The maximum Gasteiger partial charge on any atom is 0.223 e. The van der Waals surface area contributed by atoms with Crippen molar-refractivity contribution >= 4 is 39.7 Å². The van der Waals surface area contributed by atoms with Crippen molar-refractivity contribution in [3.8, 4) is 0 Å². The molecule has 45 heavy (non-hydrogen) atoms. The molecule has 2 aromatic carbocycles. The van der Waals surface area contributed by atoms with Gasteiger partial charge in [0.2, 0.25) is 5.91 Å². The molecule has 2 fully saturated rings. The number of epoxide rings is 1. The number of allylic oxidation sites excluding steroid dienone is 2. The van der Waals surface area contributed by atoms with Gasteiger partial charge in [-0.05, 0) is 54.5 Å². The molecule has 4 atom stereocenters. The predicted octanol–water partition coefficient (Wildman–Crippen LogP) is 6.33. The lowest BCUT2D eigenvalue weighted by Crippen LogP contribution is -2.46. The lowest BCUT2D eigenvalue weighted by atomic mass is 9.81. The largest absolute Gasteiger partial charge is 0.362 e. The first kappa shape index (κ1) is 31.2. The van der Waals surface area contributed by atoms with Crippen molar-refractivity contribution < 1.29 is 23.9 Å². The molecule has 0 spiro atoms. The van der Waals surface area contributed by atoms with Crippen molar-refractivity contribution in [2.45, 2.75) is 90.2 Å². The van der Waals surface area contributed by atoms with Gasteiger partial charge in [-0.25, -0.2) is 0 Å². The number of fused-ring (bicyclic) bond motifs is 2. The highest BCUT2D eigenvalue weighted by atomic mass is 16.6. The van der Waals surface area contributed by atoms with E-state index in [2.05, 4.69) is 10.3 Å². The van der Waals surface area contributed by atoms with Gasteiger partial charge in [0.25, 0.3) is 0 Å². The Labute approximate surface area is 265 Å². The Morgan fingerprint density at radius 3 is 2.47 bits per heavy atom. The molecule has 1 amide bonds. The zero-order valence-corrected chi connectivity index (χ0v) is 26.6. The average Bonchev–Trinajstić information content (AvgIpc) is 3.35. The number of aromatic nitrogens is 1. The van der Waals surface area contributed by atoms with E-state index in [1.807, 2.05) is 68.6 Å². The lowest BCUT2D eigenvalue weighted by molar-refractivity contribution is -0.134. The van der Waals surface area contributed by atoms with Crippen molar-refractivity contribution in [1.82, 2.24) is 10.3 Å². The third-order valence-electron chi connectivity index (χ3n) is 10.3. The number of amides is 1. The Morgan fingerprint density at radius 1 is 1.02 bits per heavy atom. The Hall–Kier alpha value is -3.84. The summed E-state index contributed by atoms with van der Waals surface area (Å²) in [5, 5.41) is 4.02. The molecule has 0 unspecified atom stereocenters. The summed E-state index contributed by atoms with van der Waals surface area (Å²) in [4.78, 5) is 57.9. The molecule has 3 aromatic rings. The number of carbonyl (C=O) groups excluding carboxylic acids is 4. The van der Waals surface area contributed by atoms with E-state index in [9.17, 15) is 19.2 Å². The minimum Gasteiger partial charge on any atom is -0.362 e. The molecule has 2 heterocycles. The smallest absolute Gasteiger partial charge is 0.223 e. The van der Waals surface area contributed by atoms with Crippen molar-refractivity contribution in [1.29, 1.82) is 0 Å². The van der Waals surface area contributed by atoms with E-state index in [-0.39, 0.29) is 36.1 Å². The number of hydrogen-bond acceptors (Lipinski definition) is 5. The van der Waals surface area contributed by atoms with Crippen LogP contribution in [0, 0.1) is 17.8 Å². The van der Waals surface area contributed by atoms with Gasteiger partial charge in [0.05, 0.1) is 12.6 Å². The second kappa shape index (κ2) is 12.9. The van der Waals surface area contributed by atoms with Crippen LogP contribution in [0.1, 0.15) is 82.4 Å². The van der Waals surface area contributed by atoms with Crippen LogP contribution in [0.5, 0.6) is 0 Å². The van der Waals surface area contributed by atoms with Crippen LogP contribution in [0.4, 0.5) is 0 Å². The van der Waals surface area contributed by atoms with E-state index >= 15 is 0 Å². The minimum atomic E-state index is -0.822. The summed E-state index contributed by atoms with van der Waals surface area (Å²) in [6.45, 7) is 5.92. The van der Waals surface area contributed by atoms with E-state index in [4.69, 9.17) is 4.74 Å². The highest BCUT2D eigenvalue weighted by Crippen LogP contribution is 2.38. The molecule has 1 aliphatic heterocycles.